The zero-order chi connectivity index (χ0) is 25.4. The van der Waals surface area contributed by atoms with Gasteiger partial charge in [-0.15, -0.1) is 0 Å². The number of amides is 3. The van der Waals surface area contributed by atoms with Crippen LogP contribution in [0.5, 0.6) is 0 Å². The second-order valence-electron chi connectivity index (χ2n) is 11.2. The first kappa shape index (κ1) is 27.2. The molecule has 196 valence electrons. The highest BCUT2D eigenvalue weighted by atomic mass is 16.5. The Morgan fingerprint density at radius 3 is 2.49 bits per heavy atom. The molecule has 0 aromatic carbocycles. The van der Waals surface area contributed by atoms with Crippen LogP contribution < -0.4 is 10.6 Å². The van der Waals surface area contributed by atoms with Crippen LogP contribution in [-0.4, -0.2) is 65.1 Å². The van der Waals surface area contributed by atoms with Crippen molar-refractivity contribution in [3.63, 3.8) is 0 Å². The molecule has 9 nitrogen and oxygen atoms in total. The minimum Gasteiger partial charge on any atom is -0.468 e. The molecule has 2 aliphatic rings. The fourth-order valence-electron chi connectivity index (χ4n) is 5.24. The summed E-state index contributed by atoms with van der Waals surface area (Å²) in [5.41, 5.74) is -0.484. The fourth-order valence-corrected chi connectivity index (χ4v) is 5.24. The van der Waals surface area contributed by atoms with Gasteiger partial charge in [-0.1, -0.05) is 46.5 Å². The summed E-state index contributed by atoms with van der Waals surface area (Å²) in [4.78, 5) is 39.7. The largest absolute Gasteiger partial charge is 0.468 e. The number of nitrogens with zero attached hydrogens (tertiary/aromatic N) is 2. The zero-order valence-corrected chi connectivity index (χ0v) is 21.4. The summed E-state index contributed by atoms with van der Waals surface area (Å²) in [6.45, 7) is 7.69. The van der Waals surface area contributed by atoms with Gasteiger partial charge in [-0.05, 0) is 42.7 Å². The van der Waals surface area contributed by atoms with Crippen LogP contribution in [0.25, 0.3) is 0 Å². The van der Waals surface area contributed by atoms with E-state index in [4.69, 9.17) is 4.42 Å². The van der Waals surface area contributed by atoms with E-state index in [-0.39, 0.29) is 18.4 Å². The summed E-state index contributed by atoms with van der Waals surface area (Å²) in [7, 11) is 0. The van der Waals surface area contributed by atoms with Crippen molar-refractivity contribution >= 4 is 18.2 Å². The molecule has 3 rings (SSSR count). The summed E-state index contributed by atoms with van der Waals surface area (Å²) >= 11 is 0. The molecule has 0 unspecified atom stereocenters. The van der Waals surface area contributed by atoms with E-state index >= 15 is 0 Å². The van der Waals surface area contributed by atoms with Gasteiger partial charge in [0.2, 0.25) is 18.2 Å². The minimum atomic E-state index is -0.683. The van der Waals surface area contributed by atoms with Crippen LogP contribution in [0.4, 0.5) is 0 Å². The molecule has 9 heteroatoms. The number of nitrogens with one attached hydrogen (secondary N) is 2. The summed E-state index contributed by atoms with van der Waals surface area (Å²) in [5, 5.41) is 16.8. The third kappa shape index (κ3) is 8.07. The lowest BCUT2D eigenvalue weighted by atomic mass is 9.84. The van der Waals surface area contributed by atoms with Gasteiger partial charge in [-0.3, -0.25) is 19.6 Å². The molecule has 2 fully saturated rings. The van der Waals surface area contributed by atoms with E-state index in [0.717, 1.165) is 44.3 Å². The quantitative estimate of drug-likeness (QED) is 0.250. The van der Waals surface area contributed by atoms with Gasteiger partial charge < -0.3 is 20.0 Å². The van der Waals surface area contributed by atoms with Gasteiger partial charge >= 0.3 is 0 Å². The lowest BCUT2D eigenvalue weighted by molar-refractivity contribution is -0.156. The first-order valence-electron chi connectivity index (χ1n) is 12.9. The van der Waals surface area contributed by atoms with Crippen molar-refractivity contribution < 1.29 is 24.0 Å². The van der Waals surface area contributed by atoms with Crippen LogP contribution in [0.2, 0.25) is 0 Å². The molecular formula is C26H42N4O5. The second kappa shape index (κ2) is 12.5. The zero-order valence-electron chi connectivity index (χ0n) is 21.4. The van der Waals surface area contributed by atoms with Crippen LogP contribution >= 0.6 is 0 Å². The highest BCUT2D eigenvalue weighted by Crippen LogP contribution is 2.31. The van der Waals surface area contributed by atoms with Gasteiger partial charge in [0.15, 0.2) is 0 Å². The van der Waals surface area contributed by atoms with E-state index in [2.05, 4.69) is 10.6 Å². The van der Waals surface area contributed by atoms with Crippen molar-refractivity contribution in [1.29, 1.82) is 0 Å². The molecule has 35 heavy (non-hydrogen) atoms. The molecule has 1 saturated heterocycles. The van der Waals surface area contributed by atoms with Gasteiger partial charge in [-0.25, -0.2) is 5.06 Å². The number of carbonyl (C=O) groups is 3. The van der Waals surface area contributed by atoms with E-state index in [0.29, 0.717) is 49.5 Å². The molecule has 2 atom stereocenters. The number of likely N-dealkylation sites (tertiary alicyclic amines) is 1. The van der Waals surface area contributed by atoms with E-state index in [1.54, 1.807) is 6.26 Å². The van der Waals surface area contributed by atoms with Crippen LogP contribution in [0.3, 0.4) is 0 Å². The van der Waals surface area contributed by atoms with Gasteiger partial charge in [0, 0.05) is 19.1 Å². The van der Waals surface area contributed by atoms with Gasteiger partial charge in [0.05, 0.1) is 25.3 Å². The number of furan rings is 1. The highest BCUT2D eigenvalue weighted by Gasteiger charge is 2.38. The fraction of sp³-hybridized carbons (Fsp3) is 0.731. The Bertz CT molecular complexity index is 808. The molecule has 1 aromatic rings. The first-order valence-corrected chi connectivity index (χ1v) is 12.9. The molecule has 1 aliphatic carbocycles. The molecule has 0 radical (unpaired) electrons. The van der Waals surface area contributed by atoms with E-state index in [1.807, 2.05) is 37.8 Å². The Kier molecular flexibility index (Phi) is 9.74. The maximum absolute atomic E-state index is 13.5. The predicted octanol–water partition coefficient (Wildman–Crippen LogP) is 2.94. The van der Waals surface area contributed by atoms with E-state index in [9.17, 15) is 19.6 Å². The number of piperidine rings is 1. The molecule has 3 amide bonds. The van der Waals surface area contributed by atoms with Crippen molar-refractivity contribution in [3.8, 4) is 0 Å². The SMILES string of the molecule is CC(C)(C)[C@H](NC(=O)[C@H](CC1CCCC1)CN(O)C=O)C(=O)N1CCC(NCc2ccco2)CC1. The summed E-state index contributed by atoms with van der Waals surface area (Å²) in [6.07, 6.45) is 8.66. The molecule has 0 spiro atoms. The van der Waals surface area contributed by atoms with Crippen LogP contribution in [0, 0.1) is 17.3 Å². The Hall–Kier alpha value is -2.39. The Labute approximate surface area is 208 Å². The molecule has 1 aromatic heterocycles. The van der Waals surface area contributed by atoms with Crippen LogP contribution in [0.15, 0.2) is 22.8 Å². The number of hydrogen-bond donors (Lipinski definition) is 3. The van der Waals surface area contributed by atoms with Crippen molar-refractivity contribution in [2.75, 3.05) is 19.6 Å². The number of hydrogen-bond acceptors (Lipinski definition) is 6. The van der Waals surface area contributed by atoms with Crippen molar-refractivity contribution in [2.24, 2.45) is 17.3 Å². The minimum absolute atomic E-state index is 0.0659. The Morgan fingerprint density at radius 2 is 1.91 bits per heavy atom. The van der Waals surface area contributed by atoms with Crippen LogP contribution in [0.1, 0.15) is 71.5 Å². The van der Waals surface area contributed by atoms with Crippen molar-refractivity contribution in [2.45, 2.75) is 84.3 Å². The average Bonchev–Trinajstić information content (AvgIpc) is 3.54. The number of hydroxylamine groups is 2. The number of rotatable bonds is 11. The lowest BCUT2D eigenvalue weighted by Gasteiger charge is -2.39. The molecular weight excluding hydrogens is 448 g/mol. The van der Waals surface area contributed by atoms with E-state index in [1.165, 1.54) is 0 Å². The normalized spacial score (nSPS) is 19.4. The highest BCUT2D eigenvalue weighted by molar-refractivity contribution is 5.89. The standard InChI is InChI=1S/C26H42N4O5/c1-26(2,3)23(28-24(32)20(17-30(34)18-31)15-19-7-4-5-8-19)25(33)29-12-10-21(11-13-29)27-16-22-9-6-14-35-22/h6,9,14,18-21,23,27,34H,4-5,7-8,10-13,15-17H2,1-3H3,(H,28,32)/t20-,23-/m1/s1. The molecule has 3 N–H and O–H groups in total. The van der Waals surface area contributed by atoms with Crippen LogP contribution in [-0.2, 0) is 20.9 Å². The second-order valence-corrected chi connectivity index (χ2v) is 11.2. The smallest absolute Gasteiger partial charge is 0.245 e. The summed E-state index contributed by atoms with van der Waals surface area (Å²) < 4.78 is 5.38. The van der Waals surface area contributed by atoms with E-state index < -0.39 is 17.4 Å². The molecule has 1 saturated carbocycles. The van der Waals surface area contributed by atoms with Gasteiger partial charge in [-0.2, -0.15) is 0 Å². The van der Waals surface area contributed by atoms with Gasteiger partial charge in [0.1, 0.15) is 11.8 Å². The maximum Gasteiger partial charge on any atom is 0.245 e. The average molecular weight is 491 g/mol. The lowest BCUT2D eigenvalue weighted by Crippen LogP contribution is -2.58. The maximum atomic E-state index is 13.5. The Morgan fingerprint density at radius 1 is 1.23 bits per heavy atom. The predicted molar refractivity (Wildman–Crippen MR) is 131 cm³/mol. The van der Waals surface area contributed by atoms with Crippen molar-refractivity contribution in [1.82, 2.24) is 20.6 Å². The monoisotopic (exact) mass is 490 g/mol. The topological polar surface area (TPSA) is 115 Å². The molecule has 2 heterocycles. The summed E-state index contributed by atoms with van der Waals surface area (Å²) in [5.74, 6) is 0.388. The van der Waals surface area contributed by atoms with Gasteiger partial charge in [0.25, 0.3) is 0 Å². The number of carbonyl (C=O) groups excluding carboxylic acids is 3. The molecule has 1 aliphatic heterocycles. The first-order chi connectivity index (χ1) is 16.7. The third-order valence-corrected chi connectivity index (χ3v) is 7.34. The Balaban J connectivity index is 1.59. The van der Waals surface area contributed by atoms with Crippen molar-refractivity contribution in [3.05, 3.63) is 24.2 Å². The summed E-state index contributed by atoms with van der Waals surface area (Å²) in [6, 6.07) is 3.43. The third-order valence-electron chi connectivity index (χ3n) is 7.34. The molecule has 0 bridgehead atoms.